The van der Waals surface area contributed by atoms with Gasteiger partial charge in [0.2, 0.25) is 10.0 Å². The second kappa shape index (κ2) is 4.45. The zero-order valence-electron chi connectivity index (χ0n) is 11.4. The number of nitrogen functional groups attached to an aromatic ring is 1. The third-order valence-corrected chi connectivity index (χ3v) is 5.76. The molecule has 0 aromatic heterocycles. The Morgan fingerprint density at radius 3 is 2.47 bits per heavy atom. The Kier molecular flexibility index (Phi) is 3.35. The third kappa shape index (κ3) is 2.34. The molecule has 2 rings (SSSR count). The number of anilines is 1. The molecule has 0 bridgehead atoms. The van der Waals surface area contributed by atoms with Crippen LogP contribution in [0.1, 0.15) is 32.3 Å². The molecule has 1 fully saturated rings. The minimum atomic E-state index is -3.62. The minimum Gasteiger partial charge on any atom is -0.396 e. The summed E-state index contributed by atoms with van der Waals surface area (Å²) >= 11 is 0. The van der Waals surface area contributed by atoms with Gasteiger partial charge in [0.05, 0.1) is 10.6 Å². The Morgan fingerprint density at radius 1 is 1.37 bits per heavy atom. The molecule has 0 atom stereocenters. The van der Waals surface area contributed by atoms with E-state index in [0.29, 0.717) is 6.54 Å². The second-order valence-electron chi connectivity index (χ2n) is 5.64. The molecule has 19 heavy (non-hydrogen) atoms. The first kappa shape index (κ1) is 14.3. The van der Waals surface area contributed by atoms with Crippen LogP contribution in [0.4, 0.5) is 10.1 Å². The number of hydrogen-bond acceptors (Lipinski definition) is 3. The van der Waals surface area contributed by atoms with Gasteiger partial charge >= 0.3 is 0 Å². The minimum absolute atomic E-state index is 0.0684. The molecule has 1 saturated heterocycles. The van der Waals surface area contributed by atoms with Crippen molar-refractivity contribution in [3.05, 3.63) is 23.5 Å². The van der Waals surface area contributed by atoms with Crippen LogP contribution in [0.15, 0.2) is 17.0 Å². The van der Waals surface area contributed by atoms with Gasteiger partial charge < -0.3 is 5.73 Å². The summed E-state index contributed by atoms with van der Waals surface area (Å²) in [7, 11) is -3.62. The fraction of sp³-hybridized carbons (Fsp3) is 0.538. The monoisotopic (exact) mass is 286 g/mol. The van der Waals surface area contributed by atoms with E-state index in [9.17, 15) is 12.8 Å². The molecule has 0 aliphatic carbocycles. The van der Waals surface area contributed by atoms with Crippen molar-refractivity contribution < 1.29 is 12.8 Å². The van der Waals surface area contributed by atoms with Gasteiger partial charge in [0.25, 0.3) is 0 Å². The highest BCUT2D eigenvalue weighted by Crippen LogP contribution is 2.34. The highest BCUT2D eigenvalue weighted by Gasteiger charge is 2.41. The Bertz CT molecular complexity index is 588. The van der Waals surface area contributed by atoms with Crippen molar-refractivity contribution in [2.75, 3.05) is 12.3 Å². The molecular formula is C13H19FN2O2S. The summed E-state index contributed by atoms with van der Waals surface area (Å²) in [5, 5.41) is 0. The van der Waals surface area contributed by atoms with Crippen LogP contribution in [0.5, 0.6) is 0 Å². The number of benzene rings is 1. The van der Waals surface area contributed by atoms with Gasteiger partial charge in [0.1, 0.15) is 5.82 Å². The van der Waals surface area contributed by atoms with Gasteiger partial charge in [-0.1, -0.05) is 0 Å². The van der Waals surface area contributed by atoms with Gasteiger partial charge in [-0.3, -0.25) is 0 Å². The predicted octanol–water partition coefficient (Wildman–Crippen LogP) is 2.28. The average molecular weight is 286 g/mol. The van der Waals surface area contributed by atoms with E-state index in [1.807, 2.05) is 13.8 Å². The lowest BCUT2D eigenvalue weighted by Gasteiger charge is -2.30. The molecule has 1 aliphatic rings. The lowest BCUT2D eigenvalue weighted by molar-refractivity contribution is 0.291. The summed E-state index contributed by atoms with van der Waals surface area (Å²) in [6, 6.07) is 2.54. The van der Waals surface area contributed by atoms with Crippen LogP contribution in [0.3, 0.4) is 0 Å². The number of rotatable bonds is 2. The second-order valence-corrected chi connectivity index (χ2v) is 7.50. The molecule has 0 amide bonds. The van der Waals surface area contributed by atoms with Gasteiger partial charge in [0.15, 0.2) is 0 Å². The Morgan fingerprint density at radius 2 is 2.00 bits per heavy atom. The van der Waals surface area contributed by atoms with Crippen LogP contribution in [-0.4, -0.2) is 24.8 Å². The fourth-order valence-corrected chi connectivity index (χ4v) is 4.53. The molecule has 0 radical (unpaired) electrons. The average Bonchev–Trinajstić information content (AvgIpc) is 2.65. The van der Waals surface area contributed by atoms with Crippen LogP contribution >= 0.6 is 0 Å². The Labute approximate surface area is 113 Å². The van der Waals surface area contributed by atoms with Gasteiger partial charge in [-0.2, -0.15) is 4.31 Å². The van der Waals surface area contributed by atoms with Gasteiger partial charge in [-0.15, -0.1) is 0 Å². The lowest BCUT2D eigenvalue weighted by Crippen LogP contribution is -2.42. The maximum atomic E-state index is 13.5. The van der Waals surface area contributed by atoms with Crippen molar-refractivity contribution in [1.82, 2.24) is 4.31 Å². The quantitative estimate of drug-likeness (QED) is 0.848. The molecule has 4 nitrogen and oxygen atoms in total. The first-order chi connectivity index (χ1) is 8.66. The van der Waals surface area contributed by atoms with Crippen LogP contribution in [-0.2, 0) is 10.0 Å². The third-order valence-electron chi connectivity index (χ3n) is 3.67. The van der Waals surface area contributed by atoms with Gasteiger partial charge in [-0.25, -0.2) is 12.8 Å². The molecular weight excluding hydrogens is 267 g/mol. The smallest absolute Gasteiger partial charge is 0.243 e. The lowest BCUT2D eigenvalue weighted by atomic mass is 10.0. The number of nitrogens with two attached hydrogens (primary N) is 1. The van der Waals surface area contributed by atoms with Crippen molar-refractivity contribution >= 4 is 15.7 Å². The summed E-state index contributed by atoms with van der Waals surface area (Å²) in [5.74, 6) is -0.556. The van der Waals surface area contributed by atoms with Crippen LogP contribution in [0, 0.1) is 12.7 Å². The summed E-state index contributed by atoms with van der Waals surface area (Å²) < 4.78 is 40.2. The topological polar surface area (TPSA) is 63.4 Å². The molecule has 0 unspecified atom stereocenters. The molecule has 0 saturated carbocycles. The molecule has 1 aromatic rings. The summed E-state index contributed by atoms with van der Waals surface area (Å²) in [6.45, 7) is 5.81. The maximum absolute atomic E-state index is 13.5. The zero-order chi connectivity index (χ0) is 14.4. The van der Waals surface area contributed by atoms with E-state index < -0.39 is 21.4 Å². The summed E-state index contributed by atoms with van der Waals surface area (Å²) in [4.78, 5) is 0.0684. The molecule has 106 valence electrons. The zero-order valence-corrected chi connectivity index (χ0v) is 12.2. The van der Waals surface area contributed by atoms with Crippen molar-refractivity contribution in [2.24, 2.45) is 0 Å². The molecule has 0 spiro atoms. The van der Waals surface area contributed by atoms with E-state index in [2.05, 4.69) is 0 Å². The summed E-state index contributed by atoms with van der Waals surface area (Å²) in [5.41, 5.74) is 5.24. The van der Waals surface area contributed by atoms with Gasteiger partial charge in [0, 0.05) is 12.1 Å². The van der Waals surface area contributed by atoms with Crippen molar-refractivity contribution in [3.8, 4) is 0 Å². The molecule has 6 heteroatoms. The molecule has 2 N–H and O–H groups in total. The predicted molar refractivity (Wildman–Crippen MR) is 72.8 cm³/mol. The van der Waals surface area contributed by atoms with Crippen LogP contribution < -0.4 is 5.73 Å². The van der Waals surface area contributed by atoms with E-state index in [1.165, 1.54) is 23.4 Å². The number of hydrogen-bond donors (Lipinski definition) is 1. The largest absolute Gasteiger partial charge is 0.396 e. The van der Waals surface area contributed by atoms with Crippen molar-refractivity contribution in [2.45, 2.75) is 44.0 Å². The fourth-order valence-electron chi connectivity index (χ4n) is 2.57. The Hall–Kier alpha value is -1.14. The van der Waals surface area contributed by atoms with E-state index in [1.54, 1.807) is 0 Å². The number of nitrogens with zero attached hydrogens (tertiary/aromatic N) is 1. The van der Waals surface area contributed by atoms with Gasteiger partial charge in [-0.05, 0) is 51.3 Å². The molecule has 1 aliphatic heterocycles. The normalized spacial score (nSPS) is 19.8. The van der Waals surface area contributed by atoms with E-state index in [4.69, 9.17) is 5.73 Å². The molecule has 1 heterocycles. The number of halogens is 1. The van der Waals surface area contributed by atoms with Crippen LogP contribution in [0.2, 0.25) is 0 Å². The summed E-state index contributed by atoms with van der Waals surface area (Å²) in [6.07, 6.45) is 1.66. The van der Waals surface area contributed by atoms with Crippen LogP contribution in [0.25, 0.3) is 0 Å². The molecule has 1 aromatic carbocycles. The van der Waals surface area contributed by atoms with E-state index in [0.717, 1.165) is 12.8 Å². The highest BCUT2D eigenvalue weighted by atomic mass is 32.2. The van der Waals surface area contributed by atoms with Crippen molar-refractivity contribution in [1.29, 1.82) is 0 Å². The van der Waals surface area contributed by atoms with Crippen molar-refractivity contribution in [3.63, 3.8) is 0 Å². The first-order valence-corrected chi connectivity index (χ1v) is 7.69. The highest BCUT2D eigenvalue weighted by molar-refractivity contribution is 7.89. The SMILES string of the molecule is Cc1cc(S(=O)(=O)N2CCCC2(C)C)cc(N)c1F. The maximum Gasteiger partial charge on any atom is 0.243 e. The Balaban J connectivity index is 2.52. The number of sulfonamides is 1. The van der Waals surface area contributed by atoms with E-state index in [-0.39, 0.29) is 16.1 Å². The van der Waals surface area contributed by atoms with E-state index >= 15 is 0 Å². The first-order valence-electron chi connectivity index (χ1n) is 6.25. The number of aryl methyl sites for hydroxylation is 1. The standard InChI is InChI=1S/C13H19FN2O2S/c1-9-7-10(8-11(15)12(9)14)19(17,18)16-6-4-5-13(16,2)3/h7-8H,4-6,15H2,1-3H3.